The molecule has 0 bridgehead atoms. The van der Waals surface area contributed by atoms with Gasteiger partial charge in [-0.1, -0.05) is 31.4 Å². The zero-order valence-corrected chi connectivity index (χ0v) is 15.2. The van der Waals surface area contributed by atoms with Crippen LogP contribution in [0.3, 0.4) is 0 Å². The fourth-order valence-electron chi connectivity index (χ4n) is 4.34. The number of rotatable bonds is 4. The topological polar surface area (TPSA) is 32.3 Å². The van der Waals surface area contributed by atoms with Gasteiger partial charge in [0.1, 0.15) is 5.82 Å². The van der Waals surface area contributed by atoms with Crippen molar-refractivity contribution in [2.45, 2.75) is 43.9 Å². The SMILES string of the molecule is CNCC1CCN(C(=O)C2(c3cccc(F)c3)CCCCC2)C1.Cl. The number of halogens is 2. The molecule has 2 aliphatic rings. The number of benzene rings is 1. The van der Waals surface area contributed by atoms with Crippen molar-refractivity contribution in [3.05, 3.63) is 35.6 Å². The molecule has 0 spiro atoms. The van der Waals surface area contributed by atoms with Gasteiger partial charge in [-0.15, -0.1) is 12.4 Å². The van der Waals surface area contributed by atoms with Crippen LogP contribution in [0, 0.1) is 11.7 Å². The first-order chi connectivity index (χ1) is 11.2. The predicted octanol–water partition coefficient (Wildman–Crippen LogP) is 3.52. The molecule has 1 aromatic carbocycles. The minimum Gasteiger partial charge on any atom is -0.342 e. The Labute approximate surface area is 150 Å². The molecule has 1 heterocycles. The zero-order valence-electron chi connectivity index (χ0n) is 14.4. The lowest BCUT2D eigenvalue weighted by Crippen LogP contribution is -2.47. The summed E-state index contributed by atoms with van der Waals surface area (Å²) in [4.78, 5) is 15.4. The van der Waals surface area contributed by atoms with Crippen molar-refractivity contribution in [2.24, 2.45) is 5.92 Å². The lowest BCUT2D eigenvalue weighted by molar-refractivity contribution is -0.138. The lowest BCUT2D eigenvalue weighted by Gasteiger charge is -2.39. The molecule has 1 saturated heterocycles. The number of carbonyl (C=O) groups is 1. The van der Waals surface area contributed by atoms with Crippen LogP contribution >= 0.6 is 12.4 Å². The summed E-state index contributed by atoms with van der Waals surface area (Å²) in [6.45, 7) is 2.62. The largest absolute Gasteiger partial charge is 0.342 e. The van der Waals surface area contributed by atoms with Crippen molar-refractivity contribution in [1.82, 2.24) is 10.2 Å². The molecule has 1 aromatic rings. The van der Waals surface area contributed by atoms with Crippen molar-refractivity contribution in [3.63, 3.8) is 0 Å². The monoisotopic (exact) mass is 354 g/mol. The van der Waals surface area contributed by atoms with Crippen molar-refractivity contribution >= 4 is 18.3 Å². The van der Waals surface area contributed by atoms with E-state index < -0.39 is 5.41 Å². The molecule has 1 amide bonds. The standard InChI is InChI=1S/C19H27FN2O.ClH/c1-21-13-15-8-11-22(14-15)18(23)19(9-3-2-4-10-19)16-6-5-7-17(20)12-16;/h5-7,12,15,21H,2-4,8-11,13-14H2,1H3;1H. The highest BCUT2D eigenvalue weighted by Gasteiger charge is 2.45. The molecule has 1 saturated carbocycles. The molecule has 2 fully saturated rings. The quantitative estimate of drug-likeness (QED) is 0.897. The molecule has 1 aliphatic heterocycles. The van der Waals surface area contributed by atoms with Gasteiger partial charge in [0.2, 0.25) is 5.91 Å². The van der Waals surface area contributed by atoms with E-state index >= 15 is 0 Å². The van der Waals surface area contributed by atoms with Gasteiger partial charge in [0.05, 0.1) is 5.41 Å². The highest BCUT2D eigenvalue weighted by Crippen LogP contribution is 2.42. The molecule has 134 valence electrons. The summed E-state index contributed by atoms with van der Waals surface area (Å²) in [7, 11) is 1.96. The molecule has 5 heteroatoms. The smallest absolute Gasteiger partial charge is 0.233 e. The minimum atomic E-state index is -0.505. The van der Waals surface area contributed by atoms with Crippen LogP contribution in [0.2, 0.25) is 0 Å². The highest BCUT2D eigenvalue weighted by molar-refractivity contribution is 5.88. The number of nitrogens with one attached hydrogen (secondary N) is 1. The van der Waals surface area contributed by atoms with Crippen LogP contribution in [-0.4, -0.2) is 37.5 Å². The summed E-state index contributed by atoms with van der Waals surface area (Å²) in [6, 6.07) is 6.71. The maximum atomic E-state index is 13.8. The second kappa shape index (κ2) is 8.30. The molecular weight excluding hydrogens is 327 g/mol. The third kappa shape index (κ3) is 3.75. The third-order valence-electron chi connectivity index (χ3n) is 5.56. The van der Waals surface area contributed by atoms with E-state index in [2.05, 4.69) is 5.32 Å². The summed E-state index contributed by atoms with van der Waals surface area (Å²) in [5, 5.41) is 3.21. The molecule has 1 unspecified atom stereocenters. The number of hydrogen-bond donors (Lipinski definition) is 1. The molecule has 0 aromatic heterocycles. The first-order valence-corrected chi connectivity index (χ1v) is 8.86. The number of amides is 1. The Balaban J connectivity index is 0.00000208. The summed E-state index contributed by atoms with van der Waals surface area (Å²) in [5.41, 5.74) is 0.369. The molecule has 1 N–H and O–H groups in total. The van der Waals surface area contributed by atoms with Gasteiger partial charge < -0.3 is 10.2 Å². The van der Waals surface area contributed by atoms with Crippen LogP contribution in [-0.2, 0) is 10.2 Å². The molecule has 1 aliphatic carbocycles. The van der Waals surface area contributed by atoms with Crippen molar-refractivity contribution < 1.29 is 9.18 Å². The van der Waals surface area contributed by atoms with Gasteiger partial charge in [0, 0.05) is 13.1 Å². The third-order valence-corrected chi connectivity index (χ3v) is 5.56. The molecule has 0 radical (unpaired) electrons. The van der Waals surface area contributed by atoms with Crippen LogP contribution in [0.1, 0.15) is 44.1 Å². The molecular formula is C19H28ClFN2O. The Morgan fingerprint density at radius 2 is 2.08 bits per heavy atom. The van der Waals surface area contributed by atoms with E-state index in [0.29, 0.717) is 5.92 Å². The van der Waals surface area contributed by atoms with E-state index in [1.54, 1.807) is 12.1 Å². The van der Waals surface area contributed by atoms with Crippen LogP contribution in [0.4, 0.5) is 4.39 Å². The molecule has 1 atom stereocenters. The second-order valence-corrected chi connectivity index (χ2v) is 7.12. The number of carbonyl (C=O) groups excluding carboxylic acids is 1. The number of likely N-dealkylation sites (tertiary alicyclic amines) is 1. The summed E-state index contributed by atoms with van der Waals surface area (Å²) in [5.74, 6) is 0.522. The average Bonchev–Trinajstić information content (AvgIpc) is 3.04. The normalized spacial score (nSPS) is 22.9. The van der Waals surface area contributed by atoms with Crippen molar-refractivity contribution in [1.29, 1.82) is 0 Å². The second-order valence-electron chi connectivity index (χ2n) is 7.12. The maximum absolute atomic E-state index is 13.8. The van der Waals surface area contributed by atoms with Crippen LogP contribution in [0.25, 0.3) is 0 Å². The van der Waals surface area contributed by atoms with Crippen LogP contribution in [0.5, 0.6) is 0 Å². The van der Waals surface area contributed by atoms with Gasteiger partial charge in [0.25, 0.3) is 0 Å². The predicted molar refractivity (Wildman–Crippen MR) is 97.0 cm³/mol. The zero-order chi connectivity index (χ0) is 16.3. The summed E-state index contributed by atoms with van der Waals surface area (Å²) in [6.07, 6.45) is 6.04. The first kappa shape index (κ1) is 19.2. The van der Waals surface area contributed by atoms with Gasteiger partial charge in [-0.25, -0.2) is 4.39 Å². The Hall–Kier alpha value is -1.13. The summed E-state index contributed by atoms with van der Waals surface area (Å²) >= 11 is 0. The number of nitrogens with zero attached hydrogens (tertiary/aromatic N) is 1. The van der Waals surface area contributed by atoms with Gasteiger partial charge in [-0.05, 0) is 56.5 Å². The van der Waals surface area contributed by atoms with Crippen molar-refractivity contribution in [3.8, 4) is 0 Å². The van der Waals surface area contributed by atoms with Gasteiger partial charge >= 0.3 is 0 Å². The van der Waals surface area contributed by atoms with Gasteiger partial charge in [-0.3, -0.25) is 4.79 Å². The molecule has 3 nitrogen and oxygen atoms in total. The Bertz CT molecular complexity index is 560. The van der Waals surface area contributed by atoms with Crippen LogP contribution < -0.4 is 5.32 Å². The molecule has 24 heavy (non-hydrogen) atoms. The Morgan fingerprint density at radius 3 is 2.75 bits per heavy atom. The van der Waals surface area contributed by atoms with E-state index in [0.717, 1.165) is 57.3 Å². The highest BCUT2D eigenvalue weighted by atomic mass is 35.5. The van der Waals surface area contributed by atoms with E-state index in [9.17, 15) is 9.18 Å². The van der Waals surface area contributed by atoms with Crippen LogP contribution in [0.15, 0.2) is 24.3 Å². The lowest BCUT2D eigenvalue weighted by atomic mass is 9.68. The Kier molecular flexibility index (Phi) is 6.64. The van der Waals surface area contributed by atoms with Crippen molar-refractivity contribution in [2.75, 3.05) is 26.7 Å². The minimum absolute atomic E-state index is 0. The number of hydrogen-bond acceptors (Lipinski definition) is 2. The fourth-order valence-corrected chi connectivity index (χ4v) is 4.34. The average molecular weight is 355 g/mol. The van der Waals surface area contributed by atoms with E-state index in [4.69, 9.17) is 0 Å². The first-order valence-electron chi connectivity index (χ1n) is 8.86. The summed E-state index contributed by atoms with van der Waals surface area (Å²) < 4.78 is 13.8. The van der Waals surface area contributed by atoms with Gasteiger partial charge in [0.15, 0.2) is 0 Å². The molecule has 3 rings (SSSR count). The maximum Gasteiger partial charge on any atom is 0.233 e. The van der Waals surface area contributed by atoms with E-state index in [1.807, 2.05) is 18.0 Å². The fraction of sp³-hybridized carbons (Fsp3) is 0.632. The Morgan fingerprint density at radius 1 is 1.33 bits per heavy atom. The van der Waals surface area contributed by atoms with E-state index in [1.165, 1.54) is 12.5 Å². The van der Waals surface area contributed by atoms with Gasteiger partial charge in [-0.2, -0.15) is 0 Å². The van der Waals surface area contributed by atoms with E-state index in [-0.39, 0.29) is 24.1 Å².